The van der Waals surface area contributed by atoms with E-state index in [-0.39, 0.29) is 8.65 Å². The molecule has 0 radical (unpaired) electrons. The monoisotopic (exact) mass is 298 g/mol. The predicted octanol–water partition coefficient (Wildman–Crippen LogP) is 2.65. The lowest BCUT2D eigenvalue weighted by atomic mass is 9.99. The largest absolute Gasteiger partial charge is 0.347 e. The van der Waals surface area contributed by atoms with E-state index in [1.807, 2.05) is 6.92 Å². The first kappa shape index (κ1) is 9.44. The van der Waals surface area contributed by atoms with Crippen molar-refractivity contribution in [2.24, 2.45) is 5.41 Å². The van der Waals surface area contributed by atoms with E-state index in [0.717, 1.165) is 6.42 Å². The summed E-state index contributed by atoms with van der Waals surface area (Å²) in [5.74, 6) is -0.417. The van der Waals surface area contributed by atoms with Crippen molar-refractivity contribution in [2.45, 2.75) is 29.3 Å². The Bertz CT molecular complexity index is 204. The topological polar surface area (TPSA) is 18.5 Å². The van der Waals surface area contributed by atoms with Crippen LogP contribution in [0, 0.1) is 5.41 Å². The molecule has 0 aromatic heterocycles. The molecule has 0 aromatic carbocycles. The fourth-order valence-electron chi connectivity index (χ4n) is 1.73. The van der Waals surface area contributed by atoms with Gasteiger partial charge < -0.3 is 9.47 Å². The molecule has 12 heavy (non-hydrogen) atoms. The second-order valence-corrected chi connectivity index (χ2v) is 7.63. The van der Waals surface area contributed by atoms with Crippen LogP contribution in [0.25, 0.3) is 0 Å². The Morgan fingerprint density at radius 2 is 1.50 bits per heavy atom. The van der Waals surface area contributed by atoms with Crippen molar-refractivity contribution in [1.82, 2.24) is 0 Å². The molecule has 1 saturated carbocycles. The first-order valence-corrected chi connectivity index (χ1v) is 5.66. The summed E-state index contributed by atoms with van der Waals surface area (Å²) in [5.41, 5.74) is 0.0521. The van der Waals surface area contributed by atoms with Crippen LogP contribution >= 0.6 is 31.9 Å². The molecule has 2 aliphatic rings. The summed E-state index contributed by atoms with van der Waals surface area (Å²) < 4.78 is 11.2. The lowest BCUT2D eigenvalue weighted by molar-refractivity contribution is -0.187. The summed E-state index contributed by atoms with van der Waals surface area (Å²) in [4.78, 5) is 0. The van der Waals surface area contributed by atoms with Crippen LogP contribution in [0.4, 0.5) is 0 Å². The molecule has 0 bridgehead atoms. The Morgan fingerprint density at radius 1 is 1.08 bits per heavy atom. The maximum Gasteiger partial charge on any atom is 0.173 e. The molecular formula is C8H12Br2O2. The van der Waals surface area contributed by atoms with Crippen molar-refractivity contribution in [2.75, 3.05) is 13.2 Å². The van der Waals surface area contributed by atoms with Gasteiger partial charge in [0, 0.05) is 5.41 Å². The smallest absolute Gasteiger partial charge is 0.173 e. The van der Waals surface area contributed by atoms with Gasteiger partial charge in [-0.1, -0.05) is 38.8 Å². The van der Waals surface area contributed by atoms with Gasteiger partial charge in [-0.25, -0.2) is 0 Å². The molecule has 4 heteroatoms. The van der Waals surface area contributed by atoms with E-state index < -0.39 is 5.79 Å². The maximum atomic E-state index is 5.62. The van der Waals surface area contributed by atoms with Crippen molar-refractivity contribution in [3.63, 3.8) is 0 Å². The molecule has 2 fully saturated rings. The highest BCUT2D eigenvalue weighted by Gasteiger charge is 2.72. The van der Waals surface area contributed by atoms with Gasteiger partial charge in [0.2, 0.25) is 0 Å². The van der Waals surface area contributed by atoms with Gasteiger partial charge in [-0.15, -0.1) is 0 Å². The quantitative estimate of drug-likeness (QED) is 0.693. The van der Waals surface area contributed by atoms with Crippen molar-refractivity contribution in [3.05, 3.63) is 0 Å². The molecule has 1 atom stereocenters. The average molecular weight is 300 g/mol. The third-order valence-electron chi connectivity index (χ3n) is 3.10. The van der Waals surface area contributed by atoms with Gasteiger partial charge >= 0.3 is 0 Å². The fraction of sp³-hybridized carbons (Fsp3) is 1.00. The predicted molar refractivity (Wildman–Crippen MR) is 53.6 cm³/mol. The third kappa shape index (κ3) is 1.04. The number of rotatable bonds is 1. The minimum absolute atomic E-state index is 0.00604. The summed E-state index contributed by atoms with van der Waals surface area (Å²) in [5, 5.41) is 0. The van der Waals surface area contributed by atoms with Gasteiger partial charge in [-0.2, -0.15) is 0 Å². The second kappa shape index (κ2) is 2.47. The van der Waals surface area contributed by atoms with Crippen LogP contribution in [0.15, 0.2) is 0 Å². The van der Waals surface area contributed by atoms with E-state index in [0.29, 0.717) is 13.2 Å². The molecule has 70 valence electrons. The summed E-state index contributed by atoms with van der Waals surface area (Å²) in [6.45, 7) is 5.61. The minimum Gasteiger partial charge on any atom is -0.347 e. The number of hydrogen-bond acceptors (Lipinski definition) is 2. The van der Waals surface area contributed by atoms with Gasteiger partial charge in [0.25, 0.3) is 0 Å². The zero-order chi connectivity index (χ0) is 9.04. The van der Waals surface area contributed by atoms with Crippen LogP contribution in [0.2, 0.25) is 0 Å². The van der Waals surface area contributed by atoms with E-state index in [1.165, 1.54) is 0 Å². The lowest BCUT2D eigenvalue weighted by Crippen LogP contribution is -2.38. The van der Waals surface area contributed by atoms with Crippen molar-refractivity contribution in [1.29, 1.82) is 0 Å². The number of hydrogen-bond donors (Lipinski definition) is 0. The van der Waals surface area contributed by atoms with Crippen molar-refractivity contribution < 1.29 is 9.47 Å². The molecule has 1 saturated heterocycles. The van der Waals surface area contributed by atoms with E-state index >= 15 is 0 Å². The SMILES string of the molecule is CC1(C2(C)CC2(Br)Br)OCCO1. The zero-order valence-corrected chi connectivity index (χ0v) is 10.4. The molecular weight excluding hydrogens is 288 g/mol. The molecule has 0 spiro atoms. The van der Waals surface area contributed by atoms with Crippen molar-refractivity contribution >= 4 is 31.9 Å². The number of halogens is 2. The Kier molecular flexibility index (Phi) is 1.94. The summed E-state index contributed by atoms with van der Waals surface area (Å²) in [6, 6.07) is 0. The molecule has 0 amide bonds. The van der Waals surface area contributed by atoms with Crippen LogP contribution in [-0.4, -0.2) is 22.2 Å². The Hall–Kier alpha value is 0.880. The van der Waals surface area contributed by atoms with Gasteiger partial charge in [-0.05, 0) is 13.3 Å². The van der Waals surface area contributed by atoms with Gasteiger partial charge in [0.1, 0.15) is 0 Å². The fourth-order valence-corrected chi connectivity index (χ4v) is 3.57. The molecule has 0 aromatic rings. The molecule has 2 nitrogen and oxygen atoms in total. The van der Waals surface area contributed by atoms with Crippen LogP contribution in [0.5, 0.6) is 0 Å². The average Bonchev–Trinajstić information content (AvgIpc) is 2.39. The van der Waals surface area contributed by atoms with Gasteiger partial charge in [0.15, 0.2) is 5.79 Å². The Labute approximate surface area is 89.2 Å². The van der Waals surface area contributed by atoms with Gasteiger partial charge in [-0.3, -0.25) is 0 Å². The first-order chi connectivity index (χ1) is 5.41. The van der Waals surface area contributed by atoms with E-state index in [4.69, 9.17) is 9.47 Å². The molecule has 1 heterocycles. The Balaban J connectivity index is 2.20. The standard InChI is InChI=1S/C8H12Br2O2/c1-6(5-8(6,9)10)7(2)11-3-4-12-7/h3-5H2,1-2H3. The summed E-state index contributed by atoms with van der Waals surface area (Å²) in [7, 11) is 0. The zero-order valence-electron chi connectivity index (χ0n) is 7.19. The molecule has 1 aliphatic carbocycles. The van der Waals surface area contributed by atoms with Crippen molar-refractivity contribution in [3.8, 4) is 0 Å². The number of alkyl halides is 2. The minimum atomic E-state index is -0.417. The normalized spacial score (nSPS) is 43.0. The van der Waals surface area contributed by atoms with Gasteiger partial charge in [0.05, 0.1) is 16.4 Å². The lowest BCUT2D eigenvalue weighted by Gasteiger charge is -2.31. The Morgan fingerprint density at radius 3 is 1.83 bits per heavy atom. The third-order valence-corrected chi connectivity index (χ3v) is 5.41. The van der Waals surface area contributed by atoms with E-state index in [1.54, 1.807) is 0 Å². The molecule has 1 aliphatic heterocycles. The van der Waals surface area contributed by atoms with E-state index in [2.05, 4.69) is 38.8 Å². The van der Waals surface area contributed by atoms with Crippen LogP contribution in [0.3, 0.4) is 0 Å². The highest BCUT2D eigenvalue weighted by atomic mass is 79.9. The molecule has 1 unspecified atom stereocenters. The highest BCUT2D eigenvalue weighted by molar-refractivity contribution is 9.25. The second-order valence-electron chi connectivity index (χ2n) is 3.86. The van der Waals surface area contributed by atoms with Crippen LogP contribution in [-0.2, 0) is 9.47 Å². The summed E-state index contributed by atoms with van der Waals surface area (Å²) >= 11 is 7.22. The highest BCUT2D eigenvalue weighted by Crippen LogP contribution is 2.72. The van der Waals surface area contributed by atoms with E-state index in [9.17, 15) is 0 Å². The van der Waals surface area contributed by atoms with Crippen LogP contribution < -0.4 is 0 Å². The maximum absolute atomic E-state index is 5.62. The molecule has 2 rings (SSSR count). The summed E-state index contributed by atoms with van der Waals surface area (Å²) in [6.07, 6.45) is 1.04. The molecule has 0 N–H and O–H groups in total. The number of ether oxygens (including phenoxy) is 2. The first-order valence-electron chi connectivity index (χ1n) is 4.07. The van der Waals surface area contributed by atoms with Crippen LogP contribution in [0.1, 0.15) is 20.3 Å².